The summed E-state index contributed by atoms with van der Waals surface area (Å²) in [6, 6.07) is 14.1. The number of benzene rings is 2. The average Bonchev–Trinajstić information content (AvgIpc) is 2.51. The third-order valence-electron chi connectivity index (χ3n) is 3.53. The first-order valence-electron chi connectivity index (χ1n) is 7.07. The molecule has 0 saturated heterocycles. The van der Waals surface area contributed by atoms with Crippen molar-refractivity contribution in [2.24, 2.45) is 0 Å². The molecule has 0 atom stereocenters. The van der Waals surface area contributed by atoms with Crippen LogP contribution in [0.25, 0.3) is 10.8 Å². The van der Waals surface area contributed by atoms with E-state index >= 15 is 0 Å². The van der Waals surface area contributed by atoms with Gasteiger partial charge in [-0.3, -0.25) is 0 Å². The Morgan fingerprint density at radius 3 is 2.82 bits per heavy atom. The van der Waals surface area contributed by atoms with Crippen molar-refractivity contribution in [1.29, 1.82) is 0 Å². The Morgan fingerprint density at radius 2 is 2.00 bits per heavy atom. The van der Waals surface area contributed by atoms with E-state index in [2.05, 4.69) is 35.4 Å². The van der Waals surface area contributed by atoms with Gasteiger partial charge in [0.1, 0.15) is 5.82 Å². The van der Waals surface area contributed by atoms with Crippen LogP contribution in [-0.4, -0.2) is 12.1 Å². The van der Waals surface area contributed by atoms with E-state index in [1.54, 1.807) is 7.11 Å². The summed E-state index contributed by atoms with van der Waals surface area (Å²) in [4.78, 5) is 4.45. The lowest BCUT2D eigenvalue weighted by Crippen LogP contribution is -1.97. The molecule has 0 unspecified atom stereocenters. The van der Waals surface area contributed by atoms with Crippen LogP contribution in [0, 0.1) is 6.92 Å². The minimum absolute atomic E-state index is 0.483. The third kappa shape index (κ3) is 3.06. The maximum Gasteiger partial charge on any atom is 0.138 e. The Balaban J connectivity index is 1.98. The Kier molecular flexibility index (Phi) is 4.27. The fraction of sp³-hybridized carbons (Fsp3) is 0.167. The maximum absolute atomic E-state index is 6.17. The molecule has 112 valence electrons. The van der Waals surface area contributed by atoms with E-state index < -0.39 is 0 Å². The minimum Gasteiger partial charge on any atom is -0.380 e. The molecule has 3 rings (SSSR count). The molecule has 3 aromatic rings. The summed E-state index contributed by atoms with van der Waals surface area (Å²) in [5, 5.41) is 6.33. The molecule has 0 fully saturated rings. The molecule has 1 N–H and O–H groups in total. The van der Waals surface area contributed by atoms with E-state index in [1.807, 2.05) is 30.5 Å². The summed E-state index contributed by atoms with van der Waals surface area (Å²) < 4.78 is 5.17. The molecule has 0 aliphatic carbocycles. The molecule has 3 nitrogen and oxygen atoms in total. The molecular weight excluding hydrogens is 296 g/mol. The number of ether oxygens (including phenoxy) is 1. The summed E-state index contributed by atoms with van der Waals surface area (Å²) in [6.07, 6.45) is 1.82. The van der Waals surface area contributed by atoms with Crippen molar-refractivity contribution < 1.29 is 4.74 Å². The molecule has 4 heteroatoms. The zero-order chi connectivity index (χ0) is 15.5. The lowest BCUT2D eigenvalue weighted by molar-refractivity contribution is 0.185. The van der Waals surface area contributed by atoms with Gasteiger partial charge in [-0.05, 0) is 42.1 Å². The molecule has 0 aliphatic rings. The summed E-state index contributed by atoms with van der Waals surface area (Å²) >= 11 is 6.17. The van der Waals surface area contributed by atoms with E-state index in [-0.39, 0.29) is 0 Å². The highest BCUT2D eigenvalue weighted by Crippen LogP contribution is 2.27. The van der Waals surface area contributed by atoms with Crippen LogP contribution in [0.2, 0.25) is 5.02 Å². The van der Waals surface area contributed by atoms with Crippen LogP contribution in [-0.2, 0) is 11.3 Å². The molecule has 0 saturated carbocycles. The Hall–Kier alpha value is -2.10. The third-order valence-corrected chi connectivity index (χ3v) is 3.90. The number of fused-ring (bicyclic) bond motifs is 1. The van der Waals surface area contributed by atoms with Gasteiger partial charge in [0.15, 0.2) is 0 Å². The summed E-state index contributed by atoms with van der Waals surface area (Å²) in [5.41, 5.74) is 3.13. The highest BCUT2D eigenvalue weighted by molar-refractivity contribution is 6.31. The van der Waals surface area contributed by atoms with Crippen molar-refractivity contribution in [3.05, 3.63) is 64.8 Å². The molecule has 2 aromatic carbocycles. The lowest BCUT2D eigenvalue weighted by Gasteiger charge is -2.11. The molecule has 0 spiro atoms. The minimum atomic E-state index is 0.483. The van der Waals surface area contributed by atoms with Gasteiger partial charge in [-0.15, -0.1) is 0 Å². The number of nitrogens with one attached hydrogen (secondary N) is 1. The van der Waals surface area contributed by atoms with Gasteiger partial charge in [-0.25, -0.2) is 4.98 Å². The number of methoxy groups -OCH3 is 1. The molecule has 0 aliphatic heterocycles. The monoisotopic (exact) mass is 312 g/mol. The second-order valence-electron chi connectivity index (χ2n) is 5.25. The number of aryl methyl sites for hydroxylation is 1. The quantitative estimate of drug-likeness (QED) is 0.729. The first kappa shape index (κ1) is 14.8. The van der Waals surface area contributed by atoms with Gasteiger partial charge in [0.2, 0.25) is 0 Å². The second kappa shape index (κ2) is 6.34. The van der Waals surface area contributed by atoms with Crippen molar-refractivity contribution in [3.63, 3.8) is 0 Å². The first-order chi connectivity index (χ1) is 10.7. The van der Waals surface area contributed by atoms with Gasteiger partial charge < -0.3 is 10.1 Å². The Labute approximate surface area is 134 Å². The van der Waals surface area contributed by atoms with E-state index in [0.717, 1.165) is 22.5 Å². The van der Waals surface area contributed by atoms with Crippen LogP contribution in [0.1, 0.15) is 11.1 Å². The topological polar surface area (TPSA) is 34.1 Å². The highest BCUT2D eigenvalue weighted by atomic mass is 35.5. The van der Waals surface area contributed by atoms with E-state index in [0.29, 0.717) is 11.6 Å². The van der Waals surface area contributed by atoms with Gasteiger partial charge in [-0.2, -0.15) is 0 Å². The van der Waals surface area contributed by atoms with E-state index in [9.17, 15) is 0 Å². The fourth-order valence-corrected chi connectivity index (χ4v) is 2.62. The molecule has 0 radical (unpaired) electrons. The van der Waals surface area contributed by atoms with Gasteiger partial charge in [-0.1, -0.05) is 35.4 Å². The SMILES string of the molecule is COCc1cc(Nc2nccc3cc(C)ccc23)ccc1Cl. The lowest BCUT2D eigenvalue weighted by atomic mass is 10.1. The van der Waals surface area contributed by atoms with Crippen LogP contribution >= 0.6 is 11.6 Å². The van der Waals surface area contributed by atoms with Gasteiger partial charge in [0, 0.05) is 29.4 Å². The standard InChI is InChI=1S/C18H17ClN2O/c1-12-3-5-16-13(9-12)7-8-20-18(16)21-15-4-6-17(19)14(10-15)11-22-2/h3-10H,11H2,1-2H3,(H,20,21). The predicted octanol–water partition coefficient (Wildman–Crippen LogP) is 5.09. The molecule has 0 bridgehead atoms. The number of aromatic nitrogens is 1. The van der Waals surface area contributed by atoms with Crippen LogP contribution < -0.4 is 5.32 Å². The molecule has 1 heterocycles. The van der Waals surface area contributed by atoms with Crippen molar-refractivity contribution in [3.8, 4) is 0 Å². The summed E-state index contributed by atoms with van der Waals surface area (Å²) in [7, 11) is 1.66. The fourth-order valence-electron chi connectivity index (χ4n) is 2.45. The largest absolute Gasteiger partial charge is 0.380 e. The van der Waals surface area contributed by atoms with E-state index in [4.69, 9.17) is 16.3 Å². The molecule has 1 aromatic heterocycles. The average molecular weight is 313 g/mol. The normalized spacial score (nSPS) is 10.9. The number of anilines is 2. The zero-order valence-corrected chi connectivity index (χ0v) is 13.3. The van der Waals surface area contributed by atoms with E-state index in [1.165, 1.54) is 10.9 Å². The van der Waals surface area contributed by atoms with Gasteiger partial charge in [0.05, 0.1) is 6.61 Å². The summed E-state index contributed by atoms with van der Waals surface area (Å²) in [6.45, 7) is 2.57. The highest BCUT2D eigenvalue weighted by Gasteiger charge is 2.06. The molecule has 22 heavy (non-hydrogen) atoms. The van der Waals surface area contributed by atoms with Crippen molar-refractivity contribution in [1.82, 2.24) is 4.98 Å². The maximum atomic E-state index is 6.17. The number of halogens is 1. The van der Waals surface area contributed by atoms with Gasteiger partial charge >= 0.3 is 0 Å². The van der Waals surface area contributed by atoms with Crippen LogP contribution in [0.15, 0.2) is 48.7 Å². The number of rotatable bonds is 4. The number of nitrogens with zero attached hydrogens (tertiary/aromatic N) is 1. The van der Waals surface area contributed by atoms with Gasteiger partial charge in [0.25, 0.3) is 0 Å². The second-order valence-corrected chi connectivity index (χ2v) is 5.66. The van der Waals surface area contributed by atoms with Crippen LogP contribution in [0.3, 0.4) is 0 Å². The Morgan fingerprint density at radius 1 is 1.14 bits per heavy atom. The molecule has 0 amide bonds. The predicted molar refractivity (Wildman–Crippen MR) is 91.9 cm³/mol. The van der Waals surface area contributed by atoms with Crippen molar-refractivity contribution in [2.75, 3.05) is 12.4 Å². The van der Waals surface area contributed by atoms with Crippen LogP contribution in [0.4, 0.5) is 11.5 Å². The van der Waals surface area contributed by atoms with Crippen molar-refractivity contribution >= 4 is 33.9 Å². The zero-order valence-electron chi connectivity index (χ0n) is 12.6. The van der Waals surface area contributed by atoms with Crippen molar-refractivity contribution in [2.45, 2.75) is 13.5 Å². The number of hydrogen-bond donors (Lipinski definition) is 1. The Bertz CT molecular complexity index is 817. The smallest absolute Gasteiger partial charge is 0.138 e. The number of hydrogen-bond acceptors (Lipinski definition) is 3. The van der Waals surface area contributed by atoms with Crippen LogP contribution in [0.5, 0.6) is 0 Å². The number of pyridine rings is 1. The first-order valence-corrected chi connectivity index (χ1v) is 7.45. The molecular formula is C18H17ClN2O. The summed E-state index contributed by atoms with van der Waals surface area (Å²) in [5.74, 6) is 0.836.